The number of aliphatic hydroxyl groups is 8. The Morgan fingerprint density at radius 1 is 0.722 bits per heavy atom. The van der Waals surface area contributed by atoms with Crippen LogP contribution in [0.2, 0.25) is 0 Å². The number of hydrogen-bond acceptors (Lipinski definition) is 12. The van der Waals surface area contributed by atoms with Gasteiger partial charge in [0.15, 0.2) is 5.79 Å². The first-order chi connectivity index (χ1) is 25.5. The molecule has 306 valence electrons. The Morgan fingerprint density at radius 2 is 1.28 bits per heavy atom. The lowest BCUT2D eigenvalue weighted by Gasteiger charge is -2.44. The number of fused-ring (bicyclic) bond motifs is 2. The van der Waals surface area contributed by atoms with Gasteiger partial charge in [-0.1, -0.05) is 86.8 Å². The maximum Gasteiger partial charge on any atom is 0.311 e. The highest BCUT2D eigenvalue weighted by Crippen LogP contribution is 2.37. The zero-order chi connectivity index (χ0) is 40.3. The molecule has 9 N–H and O–H groups in total. The Bertz CT molecular complexity index is 1290. The number of esters is 1. The molecule has 1 fully saturated rings. The Balaban J connectivity index is 2.12. The first-order valence-electron chi connectivity index (χ1n) is 19.1. The lowest BCUT2D eigenvalue weighted by atomic mass is 9.83. The fraction of sp³-hybridized carbons (Fsp3) is 0.659. The fourth-order valence-electron chi connectivity index (χ4n) is 6.71. The molecule has 2 heterocycles. The molecule has 0 radical (unpaired) electrons. The summed E-state index contributed by atoms with van der Waals surface area (Å²) in [5, 5.41) is 95.0. The van der Waals surface area contributed by atoms with E-state index in [0.717, 1.165) is 12.8 Å². The molecule has 0 aliphatic carbocycles. The van der Waals surface area contributed by atoms with E-state index >= 15 is 0 Å². The summed E-state index contributed by atoms with van der Waals surface area (Å²) in [5.74, 6) is -6.17. The highest BCUT2D eigenvalue weighted by molar-refractivity contribution is 5.71. The fourth-order valence-corrected chi connectivity index (χ4v) is 6.71. The minimum absolute atomic E-state index is 0.102. The van der Waals surface area contributed by atoms with Crippen molar-refractivity contribution in [1.82, 2.24) is 0 Å². The summed E-state index contributed by atoms with van der Waals surface area (Å²) in [6.45, 7) is 5.34. The first kappa shape index (κ1) is 47.2. The van der Waals surface area contributed by atoms with Gasteiger partial charge in [-0.2, -0.15) is 0 Å². The lowest BCUT2D eigenvalue weighted by Crippen LogP contribution is -2.56. The van der Waals surface area contributed by atoms with Crippen LogP contribution in [-0.2, 0) is 19.1 Å². The average Bonchev–Trinajstić information content (AvgIpc) is 3.06. The molecule has 0 amide bonds. The van der Waals surface area contributed by atoms with Gasteiger partial charge < -0.3 is 55.4 Å². The number of rotatable bonds is 1. The van der Waals surface area contributed by atoms with E-state index in [1.165, 1.54) is 6.08 Å². The summed E-state index contributed by atoms with van der Waals surface area (Å²) in [4.78, 5) is 24.5. The highest BCUT2D eigenvalue weighted by atomic mass is 16.6. The molecule has 0 spiro atoms. The lowest BCUT2D eigenvalue weighted by molar-refractivity contribution is -0.300. The SMILES string of the molecule is C[C@@H]1[C@H](O)[C@@H](C)/C=C/C=C/CC/C=C/C=C/C=C/C=C/[C@H](O)C[C@@H]2O[C@](O)(C[C@@H](O)C[C@@H](O)CCC[C@@H](O)C[C@@H](O)CC(=O)O[C@H]1C)C[C@H](O)[C@H]2C(=O)O. The van der Waals surface area contributed by atoms with Crippen LogP contribution in [0, 0.1) is 17.8 Å². The highest BCUT2D eigenvalue weighted by Gasteiger charge is 2.49. The largest absolute Gasteiger partial charge is 0.481 e. The summed E-state index contributed by atoms with van der Waals surface area (Å²) in [7, 11) is 0. The molecule has 0 aromatic heterocycles. The number of carbonyl (C=O) groups excluding carboxylic acids is 1. The van der Waals surface area contributed by atoms with E-state index in [2.05, 4.69) is 0 Å². The molecule has 1 saturated heterocycles. The Morgan fingerprint density at radius 3 is 1.91 bits per heavy atom. The number of ether oxygens (including phenoxy) is 2. The van der Waals surface area contributed by atoms with Gasteiger partial charge in [0.05, 0.1) is 55.3 Å². The second-order valence-corrected chi connectivity index (χ2v) is 14.8. The van der Waals surface area contributed by atoms with E-state index in [1.807, 2.05) is 49.5 Å². The van der Waals surface area contributed by atoms with Gasteiger partial charge in [0.2, 0.25) is 0 Å². The van der Waals surface area contributed by atoms with Crippen molar-refractivity contribution in [3.63, 3.8) is 0 Å². The zero-order valence-corrected chi connectivity index (χ0v) is 31.8. The molecule has 0 saturated carbocycles. The third kappa shape index (κ3) is 18.1. The maximum atomic E-state index is 12.5. The number of carboxylic acid groups (broad SMARTS) is 1. The van der Waals surface area contributed by atoms with Crippen molar-refractivity contribution in [1.29, 1.82) is 0 Å². The number of carboxylic acids is 1. The van der Waals surface area contributed by atoms with Crippen molar-refractivity contribution >= 4 is 11.9 Å². The quantitative estimate of drug-likeness (QED) is 0.175. The van der Waals surface area contributed by atoms with E-state index in [1.54, 1.807) is 38.2 Å². The van der Waals surface area contributed by atoms with Crippen LogP contribution < -0.4 is 0 Å². The van der Waals surface area contributed by atoms with Gasteiger partial charge >= 0.3 is 11.9 Å². The van der Waals surface area contributed by atoms with Crippen LogP contribution in [0.4, 0.5) is 0 Å². The smallest absolute Gasteiger partial charge is 0.311 e. The van der Waals surface area contributed by atoms with E-state index in [4.69, 9.17) is 9.47 Å². The number of carbonyl (C=O) groups is 2. The molecule has 2 aliphatic heterocycles. The Labute approximate surface area is 319 Å². The van der Waals surface area contributed by atoms with Gasteiger partial charge in [-0.15, -0.1) is 0 Å². The van der Waals surface area contributed by atoms with Crippen LogP contribution in [0.3, 0.4) is 0 Å². The standard InChI is InChI=1S/C41H64O13/c1-27-17-14-12-10-8-6-4-5-7-9-11-13-15-18-32(44)23-36-38(40(50)51)35(47)26-41(52,54-36)25-34(46)22-31(43)20-16-19-30(42)21-33(45)24-37(48)53-29(3)28(2)39(27)49/h4-5,7,9-15,17-18,27-36,38-39,42-47,49,52H,6,8,16,19-26H2,1-3H3,(H,50,51)/b5-4+,9-7+,12-10+,13-11+,17-14+,18-15+/t27-,28-,29-,30+,31-,32-,33+,34-,35-,36-,38+,39+,41+/m0/s1. The van der Waals surface area contributed by atoms with Gasteiger partial charge in [0.25, 0.3) is 0 Å². The summed E-state index contributed by atoms with van der Waals surface area (Å²) in [6, 6.07) is 0. The zero-order valence-electron chi connectivity index (χ0n) is 31.8. The molecule has 13 atom stereocenters. The second-order valence-electron chi connectivity index (χ2n) is 14.8. The van der Waals surface area contributed by atoms with E-state index in [0.29, 0.717) is 6.42 Å². The van der Waals surface area contributed by atoms with Crippen molar-refractivity contribution in [3.8, 4) is 0 Å². The monoisotopic (exact) mass is 764 g/mol. The number of hydrogen-bond donors (Lipinski definition) is 9. The maximum absolute atomic E-state index is 12.5. The van der Waals surface area contributed by atoms with Crippen LogP contribution in [0.5, 0.6) is 0 Å². The van der Waals surface area contributed by atoms with E-state index in [9.17, 15) is 55.5 Å². The topological polar surface area (TPSA) is 235 Å². The molecule has 13 heteroatoms. The van der Waals surface area contributed by atoms with Gasteiger partial charge in [-0.3, -0.25) is 9.59 Å². The van der Waals surface area contributed by atoms with E-state index < -0.39 is 91.4 Å². The molecule has 13 nitrogen and oxygen atoms in total. The van der Waals surface area contributed by atoms with Gasteiger partial charge in [0, 0.05) is 31.1 Å². The molecule has 54 heavy (non-hydrogen) atoms. The molecule has 0 unspecified atom stereocenters. The number of aliphatic hydroxyl groups excluding tert-OH is 7. The molecule has 0 aromatic rings. The predicted molar refractivity (Wildman–Crippen MR) is 203 cm³/mol. The first-order valence-corrected chi connectivity index (χ1v) is 19.1. The van der Waals surface area contributed by atoms with Crippen molar-refractivity contribution < 1.29 is 65.0 Å². The van der Waals surface area contributed by atoms with Crippen molar-refractivity contribution in [2.45, 2.75) is 152 Å². The van der Waals surface area contributed by atoms with Gasteiger partial charge in [-0.25, -0.2) is 0 Å². The number of cyclic esters (lactones) is 1. The average molecular weight is 765 g/mol. The minimum atomic E-state index is -2.12. The number of allylic oxidation sites excluding steroid dienone is 10. The van der Waals surface area contributed by atoms with Crippen LogP contribution in [0.15, 0.2) is 72.9 Å². The summed E-state index contributed by atoms with van der Waals surface area (Å²) < 4.78 is 11.2. The summed E-state index contributed by atoms with van der Waals surface area (Å²) >= 11 is 0. The predicted octanol–water partition coefficient (Wildman–Crippen LogP) is 3.15. The van der Waals surface area contributed by atoms with Gasteiger partial charge in [-0.05, 0) is 51.9 Å². The van der Waals surface area contributed by atoms with Crippen molar-refractivity contribution in [3.05, 3.63) is 72.9 Å². The molecular formula is C41H64O13. The van der Waals surface area contributed by atoms with Crippen molar-refractivity contribution in [2.75, 3.05) is 0 Å². The van der Waals surface area contributed by atoms with Crippen LogP contribution in [0.25, 0.3) is 0 Å². The molecule has 0 aromatic carbocycles. The summed E-state index contributed by atoms with van der Waals surface area (Å²) in [5.41, 5.74) is 0. The third-order valence-corrected chi connectivity index (χ3v) is 9.91. The minimum Gasteiger partial charge on any atom is -0.481 e. The molecule has 2 bridgehead atoms. The van der Waals surface area contributed by atoms with E-state index in [-0.39, 0.29) is 50.4 Å². The van der Waals surface area contributed by atoms with Crippen LogP contribution >= 0.6 is 0 Å². The third-order valence-electron chi connectivity index (χ3n) is 9.91. The molecule has 2 aliphatic rings. The van der Waals surface area contributed by atoms with Gasteiger partial charge in [0.1, 0.15) is 12.0 Å². The Hall–Kier alpha value is -2.98. The van der Waals surface area contributed by atoms with Crippen molar-refractivity contribution in [2.24, 2.45) is 17.8 Å². The van der Waals surface area contributed by atoms with Crippen LogP contribution in [0.1, 0.15) is 91.4 Å². The van der Waals surface area contributed by atoms with Crippen LogP contribution in [-0.4, -0.2) is 119 Å². The molecule has 2 rings (SSSR count). The normalized spacial score (nSPS) is 42.0. The summed E-state index contributed by atoms with van der Waals surface area (Å²) in [6.07, 6.45) is 12.2. The number of aliphatic carboxylic acids is 1. The molecular weight excluding hydrogens is 700 g/mol. The Kier molecular flexibility index (Phi) is 21.4. The second kappa shape index (κ2) is 24.5.